The molecular weight excluding hydrogens is 287 g/mol. The monoisotopic (exact) mass is 309 g/mol. The van der Waals surface area contributed by atoms with E-state index >= 15 is 0 Å². The molecule has 0 bridgehead atoms. The smallest absolute Gasteiger partial charge is 0.408 e. The number of alkyl halides is 3. The molecule has 1 saturated carbocycles. The highest BCUT2D eigenvalue weighted by Crippen LogP contribution is 2.44. The van der Waals surface area contributed by atoms with Crippen LogP contribution in [0.4, 0.5) is 13.2 Å². The van der Waals surface area contributed by atoms with Crippen LogP contribution in [0.15, 0.2) is 0 Å². The zero-order valence-electron chi connectivity index (χ0n) is 12.5. The van der Waals surface area contributed by atoms with Crippen molar-refractivity contribution < 1.29 is 27.9 Å². The second-order valence-corrected chi connectivity index (χ2v) is 7.04. The van der Waals surface area contributed by atoms with Gasteiger partial charge in [-0.2, -0.15) is 13.2 Å². The molecule has 2 N–H and O–H groups in total. The van der Waals surface area contributed by atoms with Crippen LogP contribution in [0.3, 0.4) is 0 Å². The fourth-order valence-electron chi connectivity index (χ4n) is 2.48. The Hall–Kier alpha value is -1.27. The molecule has 0 spiro atoms. The van der Waals surface area contributed by atoms with Crippen molar-refractivity contribution in [1.82, 2.24) is 5.32 Å². The molecule has 1 aliphatic carbocycles. The second kappa shape index (κ2) is 5.85. The van der Waals surface area contributed by atoms with Crippen LogP contribution < -0.4 is 5.32 Å². The largest absolute Gasteiger partial charge is 0.481 e. The van der Waals surface area contributed by atoms with Crippen molar-refractivity contribution in [3.05, 3.63) is 0 Å². The molecule has 1 unspecified atom stereocenters. The van der Waals surface area contributed by atoms with E-state index in [1.54, 1.807) is 20.8 Å². The number of hydrogen-bond acceptors (Lipinski definition) is 2. The van der Waals surface area contributed by atoms with Gasteiger partial charge in [0.05, 0.1) is 5.41 Å². The molecule has 1 aliphatic rings. The Morgan fingerprint density at radius 2 is 1.76 bits per heavy atom. The number of carboxylic acids is 1. The Balaban J connectivity index is 2.71. The number of carbonyl (C=O) groups excluding carboxylic acids is 1. The van der Waals surface area contributed by atoms with Gasteiger partial charge in [-0.05, 0) is 24.7 Å². The normalized spacial score (nSPS) is 19.5. The van der Waals surface area contributed by atoms with Crippen molar-refractivity contribution in [2.75, 3.05) is 0 Å². The van der Waals surface area contributed by atoms with Crippen molar-refractivity contribution in [3.8, 4) is 0 Å². The van der Waals surface area contributed by atoms with Crippen molar-refractivity contribution in [3.63, 3.8) is 0 Å². The first-order valence-electron chi connectivity index (χ1n) is 6.95. The maximum atomic E-state index is 13.0. The molecule has 0 aliphatic heterocycles. The van der Waals surface area contributed by atoms with Gasteiger partial charge in [0.1, 0.15) is 6.04 Å². The Bertz CT molecular complexity index is 409. The summed E-state index contributed by atoms with van der Waals surface area (Å²) in [6.07, 6.45) is -3.82. The van der Waals surface area contributed by atoms with E-state index in [2.05, 4.69) is 0 Å². The minimum absolute atomic E-state index is 0.248. The number of carboxylic acid groups (broad SMARTS) is 1. The van der Waals surface area contributed by atoms with Crippen molar-refractivity contribution in [2.24, 2.45) is 10.8 Å². The quantitative estimate of drug-likeness (QED) is 0.820. The van der Waals surface area contributed by atoms with Gasteiger partial charge in [0.15, 0.2) is 0 Å². The Morgan fingerprint density at radius 3 is 2.05 bits per heavy atom. The Labute approximate surface area is 122 Å². The fraction of sp³-hybridized carbons (Fsp3) is 0.857. The summed E-state index contributed by atoms with van der Waals surface area (Å²) in [6.45, 7) is 4.97. The molecular formula is C14H22F3NO3. The highest BCUT2D eigenvalue weighted by molar-refractivity contribution is 5.85. The average Bonchev–Trinajstić information content (AvgIpc) is 2.18. The lowest BCUT2D eigenvalue weighted by Crippen LogP contribution is -2.50. The maximum Gasteiger partial charge on any atom is 0.408 e. The third kappa shape index (κ3) is 4.89. The molecule has 0 radical (unpaired) electrons. The Kier molecular flexibility index (Phi) is 4.95. The first-order valence-corrected chi connectivity index (χ1v) is 6.95. The van der Waals surface area contributed by atoms with Gasteiger partial charge in [-0.25, -0.2) is 0 Å². The predicted octanol–water partition coefficient (Wildman–Crippen LogP) is 3.11. The summed E-state index contributed by atoms with van der Waals surface area (Å²) in [7, 11) is 0. The minimum atomic E-state index is -4.54. The SMILES string of the molecule is CC(C)(C)CC(NC(=O)CC1(C(=O)O)CCC1)C(F)(F)F. The number of rotatable bonds is 5. The molecule has 21 heavy (non-hydrogen) atoms. The van der Waals surface area contributed by atoms with Crippen LogP contribution in [0.1, 0.15) is 52.9 Å². The molecule has 0 aromatic heterocycles. The number of carbonyl (C=O) groups is 2. The van der Waals surface area contributed by atoms with Gasteiger partial charge in [0.2, 0.25) is 5.91 Å². The standard InChI is InChI=1S/C14H22F3NO3/c1-12(2,3)7-9(14(15,16)17)18-10(19)8-13(11(20)21)5-4-6-13/h9H,4-8H2,1-3H3,(H,18,19)(H,20,21). The zero-order chi connectivity index (χ0) is 16.5. The van der Waals surface area contributed by atoms with Crippen LogP contribution in [0.5, 0.6) is 0 Å². The van der Waals surface area contributed by atoms with Gasteiger partial charge in [-0.3, -0.25) is 9.59 Å². The highest BCUT2D eigenvalue weighted by Gasteiger charge is 2.48. The summed E-state index contributed by atoms with van der Waals surface area (Å²) < 4.78 is 38.9. The molecule has 1 amide bonds. The van der Waals surface area contributed by atoms with E-state index < -0.39 is 34.9 Å². The molecule has 1 rings (SSSR count). The van der Waals surface area contributed by atoms with Crippen LogP contribution in [0, 0.1) is 10.8 Å². The molecule has 0 aromatic carbocycles. The lowest BCUT2D eigenvalue weighted by Gasteiger charge is -2.37. The number of nitrogens with one attached hydrogen (secondary N) is 1. The van der Waals surface area contributed by atoms with Crippen LogP contribution >= 0.6 is 0 Å². The van der Waals surface area contributed by atoms with Gasteiger partial charge in [-0.1, -0.05) is 27.2 Å². The van der Waals surface area contributed by atoms with E-state index in [4.69, 9.17) is 5.11 Å². The lowest BCUT2D eigenvalue weighted by molar-refractivity contribution is -0.169. The maximum absolute atomic E-state index is 13.0. The first kappa shape index (κ1) is 17.8. The summed E-state index contributed by atoms with van der Waals surface area (Å²) >= 11 is 0. The molecule has 4 nitrogen and oxygen atoms in total. The highest BCUT2D eigenvalue weighted by atomic mass is 19.4. The number of aliphatic carboxylic acids is 1. The topological polar surface area (TPSA) is 66.4 Å². The fourth-order valence-corrected chi connectivity index (χ4v) is 2.48. The predicted molar refractivity (Wildman–Crippen MR) is 70.6 cm³/mol. The summed E-state index contributed by atoms with van der Waals surface area (Å²) in [6, 6.07) is -1.95. The zero-order valence-corrected chi connectivity index (χ0v) is 12.5. The molecule has 0 heterocycles. The van der Waals surface area contributed by atoms with Gasteiger partial charge < -0.3 is 10.4 Å². The summed E-state index contributed by atoms with van der Waals surface area (Å²) in [5.41, 5.74) is -1.78. The Morgan fingerprint density at radius 1 is 1.24 bits per heavy atom. The van der Waals surface area contributed by atoms with Crippen LogP contribution in [0.25, 0.3) is 0 Å². The second-order valence-electron chi connectivity index (χ2n) is 7.04. The van der Waals surface area contributed by atoms with Crippen molar-refractivity contribution in [1.29, 1.82) is 0 Å². The molecule has 1 fully saturated rings. The van der Waals surface area contributed by atoms with Gasteiger partial charge in [-0.15, -0.1) is 0 Å². The average molecular weight is 309 g/mol. The van der Waals surface area contributed by atoms with E-state index in [-0.39, 0.29) is 12.8 Å². The van der Waals surface area contributed by atoms with Crippen LogP contribution in [-0.2, 0) is 9.59 Å². The minimum Gasteiger partial charge on any atom is -0.481 e. The number of halogens is 3. The molecule has 0 aromatic rings. The van der Waals surface area contributed by atoms with Crippen LogP contribution in [0.2, 0.25) is 0 Å². The molecule has 1 atom stereocenters. The van der Waals surface area contributed by atoms with E-state index in [0.717, 1.165) is 0 Å². The summed E-state index contributed by atoms with van der Waals surface area (Å²) in [4.78, 5) is 23.0. The molecule has 122 valence electrons. The van der Waals surface area contributed by atoms with Gasteiger partial charge >= 0.3 is 12.1 Å². The van der Waals surface area contributed by atoms with E-state index in [9.17, 15) is 22.8 Å². The van der Waals surface area contributed by atoms with E-state index in [1.165, 1.54) is 0 Å². The number of amides is 1. The summed E-state index contributed by atoms with van der Waals surface area (Å²) in [5, 5.41) is 11.1. The van der Waals surface area contributed by atoms with Gasteiger partial charge in [0.25, 0.3) is 0 Å². The van der Waals surface area contributed by atoms with E-state index in [1.807, 2.05) is 5.32 Å². The molecule has 0 saturated heterocycles. The van der Waals surface area contributed by atoms with Crippen LogP contribution in [-0.4, -0.2) is 29.2 Å². The summed E-state index contributed by atoms with van der Waals surface area (Å²) in [5.74, 6) is -1.95. The van der Waals surface area contributed by atoms with Crippen molar-refractivity contribution >= 4 is 11.9 Å². The van der Waals surface area contributed by atoms with Gasteiger partial charge in [0, 0.05) is 6.42 Å². The lowest BCUT2D eigenvalue weighted by atomic mass is 9.66. The van der Waals surface area contributed by atoms with E-state index in [0.29, 0.717) is 19.3 Å². The number of hydrogen-bond donors (Lipinski definition) is 2. The van der Waals surface area contributed by atoms with Crippen molar-refractivity contribution in [2.45, 2.75) is 65.1 Å². The third-order valence-electron chi connectivity index (χ3n) is 3.81. The molecule has 7 heteroatoms. The first-order chi connectivity index (χ1) is 9.36. The third-order valence-corrected chi connectivity index (χ3v) is 3.81.